The minimum atomic E-state index is -1.59. The first-order valence-corrected chi connectivity index (χ1v) is 9.73. The van der Waals surface area contributed by atoms with Crippen LogP contribution in [0.1, 0.15) is 41.6 Å². The summed E-state index contributed by atoms with van der Waals surface area (Å²) in [7, 11) is 0. The van der Waals surface area contributed by atoms with Gasteiger partial charge in [0.05, 0.1) is 5.56 Å². The molecule has 0 radical (unpaired) electrons. The van der Waals surface area contributed by atoms with E-state index >= 15 is 0 Å². The fourth-order valence-corrected chi connectivity index (χ4v) is 4.19. The molecule has 8 nitrogen and oxygen atoms in total. The van der Waals surface area contributed by atoms with Crippen LogP contribution in [-0.2, 0) is 15.1 Å². The summed E-state index contributed by atoms with van der Waals surface area (Å²) in [4.78, 5) is 29.1. The summed E-state index contributed by atoms with van der Waals surface area (Å²) < 4.78 is 10.9. The maximum atomic E-state index is 12.8. The molecule has 8 heteroatoms. The highest BCUT2D eigenvalue weighted by Gasteiger charge is 2.53. The zero-order valence-corrected chi connectivity index (χ0v) is 16.0. The smallest absolute Gasteiger partial charge is 0.339 e. The molecule has 1 aromatic carbocycles. The third-order valence-corrected chi connectivity index (χ3v) is 5.94. The highest BCUT2D eigenvalue weighted by Crippen LogP contribution is 2.49. The fourth-order valence-electron chi connectivity index (χ4n) is 4.19. The second kappa shape index (κ2) is 6.77. The number of nitrogens with one attached hydrogen (secondary N) is 1. The summed E-state index contributed by atoms with van der Waals surface area (Å²) in [5.74, 6) is -0.198. The van der Waals surface area contributed by atoms with Crippen molar-refractivity contribution in [3.63, 3.8) is 0 Å². The predicted molar refractivity (Wildman–Crippen MR) is 105 cm³/mol. The van der Waals surface area contributed by atoms with Gasteiger partial charge in [-0.25, -0.2) is 4.79 Å². The standard InChI is InChI=1S/C22H19N3O5/c26-19-15-6-11-23-13-16(15)22(29-19)9-7-21(28,8-10-22)20(27)24-18-12-17(30-25-18)14-4-2-1-3-5-14/h1-6,11-13,28H,7-10H2,(H,24,25,27)/t21-,22+. The van der Waals surface area contributed by atoms with Gasteiger partial charge in [0.25, 0.3) is 5.91 Å². The number of fused-ring (bicyclic) bond motifs is 2. The van der Waals surface area contributed by atoms with Gasteiger partial charge >= 0.3 is 5.97 Å². The number of hydrogen-bond acceptors (Lipinski definition) is 7. The molecule has 1 fully saturated rings. The van der Waals surface area contributed by atoms with E-state index in [9.17, 15) is 14.7 Å². The van der Waals surface area contributed by atoms with E-state index in [-0.39, 0.29) is 18.7 Å². The van der Waals surface area contributed by atoms with Gasteiger partial charge in [-0.3, -0.25) is 9.78 Å². The van der Waals surface area contributed by atoms with E-state index in [0.717, 1.165) is 11.1 Å². The fraction of sp³-hybridized carbons (Fsp3) is 0.273. The Hall–Kier alpha value is -3.52. The number of benzene rings is 1. The molecular weight excluding hydrogens is 386 g/mol. The average Bonchev–Trinajstić information content (AvgIpc) is 3.35. The zero-order chi connectivity index (χ0) is 20.8. The number of rotatable bonds is 3. The van der Waals surface area contributed by atoms with Gasteiger partial charge in [-0.1, -0.05) is 35.5 Å². The minimum Gasteiger partial charge on any atom is -0.450 e. The van der Waals surface area contributed by atoms with Crippen molar-refractivity contribution in [2.24, 2.45) is 0 Å². The molecule has 152 valence electrons. The molecule has 5 rings (SSSR count). The molecule has 3 heterocycles. The van der Waals surface area contributed by atoms with Gasteiger partial charge in [0, 0.05) is 29.6 Å². The number of ether oxygens (including phenoxy) is 1. The van der Waals surface area contributed by atoms with E-state index in [1.165, 1.54) is 0 Å². The van der Waals surface area contributed by atoms with Crippen molar-refractivity contribution in [3.05, 3.63) is 66.0 Å². The van der Waals surface area contributed by atoms with E-state index in [1.807, 2.05) is 30.3 Å². The van der Waals surface area contributed by atoms with Crippen molar-refractivity contribution in [1.29, 1.82) is 0 Å². The zero-order valence-electron chi connectivity index (χ0n) is 16.0. The monoisotopic (exact) mass is 405 g/mol. The quantitative estimate of drug-likeness (QED) is 0.644. The van der Waals surface area contributed by atoms with Crippen molar-refractivity contribution >= 4 is 17.7 Å². The van der Waals surface area contributed by atoms with Crippen molar-refractivity contribution in [2.45, 2.75) is 36.9 Å². The molecule has 3 aromatic rings. The number of pyridine rings is 1. The molecule has 0 bridgehead atoms. The molecule has 1 amide bonds. The first-order chi connectivity index (χ1) is 14.5. The average molecular weight is 405 g/mol. The molecule has 1 aliphatic carbocycles. The van der Waals surface area contributed by atoms with Gasteiger partial charge < -0.3 is 19.7 Å². The summed E-state index contributed by atoms with van der Waals surface area (Å²) in [6, 6.07) is 12.6. The van der Waals surface area contributed by atoms with Crippen molar-refractivity contribution in [3.8, 4) is 11.3 Å². The number of hydrogen-bond donors (Lipinski definition) is 2. The number of nitrogens with zero attached hydrogens (tertiary/aromatic N) is 2. The van der Waals surface area contributed by atoms with E-state index < -0.39 is 23.1 Å². The predicted octanol–water partition coefficient (Wildman–Crippen LogP) is 3.05. The lowest BCUT2D eigenvalue weighted by molar-refractivity contribution is -0.144. The van der Waals surface area contributed by atoms with Gasteiger partial charge in [-0.15, -0.1) is 0 Å². The van der Waals surface area contributed by atoms with Gasteiger partial charge in [0.2, 0.25) is 0 Å². The van der Waals surface area contributed by atoms with Crippen LogP contribution in [0.5, 0.6) is 0 Å². The number of aromatic nitrogens is 2. The van der Waals surface area contributed by atoms with Crippen LogP contribution in [0.4, 0.5) is 5.82 Å². The van der Waals surface area contributed by atoms with E-state index in [0.29, 0.717) is 24.2 Å². The van der Waals surface area contributed by atoms with Crippen LogP contribution in [0, 0.1) is 0 Å². The molecule has 2 aliphatic rings. The van der Waals surface area contributed by atoms with Crippen molar-refractivity contribution in [2.75, 3.05) is 5.32 Å². The Morgan fingerprint density at radius 1 is 1.10 bits per heavy atom. The Morgan fingerprint density at radius 3 is 2.63 bits per heavy atom. The van der Waals surface area contributed by atoms with Crippen LogP contribution in [-0.4, -0.2) is 32.7 Å². The van der Waals surface area contributed by atoms with Gasteiger partial charge in [0.1, 0.15) is 11.2 Å². The van der Waals surface area contributed by atoms with E-state index in [1.54, 1.807) is 24.5 Å². The summed E-state index contributed by atoms with van der Waals surface area (Å²) in [6.07, 6.45) is 4.12. The molecule has 2 aromatic heterocycles. The highest BCUT2D eigenvalue weighted by atomic mass is 16.6. The van der Waals surface area contributed by atoms with Crippen molar-refractivity contribution in [1.82, 2.24) is 10.1 Å². The van der Waals surface area contributed by atoms with Crippen LogP contribution >= 0.6 is 0 Å². The van der Waals surface area contributed by atoms with Gasteiger partial charge in [-0.2, -0.15) is 0 Å². The largest absolute Gasteiger partial charge is 0.450 e. The summed E-state index contributed by atoms with van der Waals surface area (Å²) in [5.41, 5.74) is -0.368. The Bertz CT molecular complexity index is 1120. The number of carbonyl (C=O) groups excluding carboxylic acids is 2. The Morgan fingerprint density at radius 2 is 1.87 bits per heavy atom. The summed E-state index contributed by atoms with van der Waals surface area (Å²) in [5, 5.41) is 17.5. The second-order valence-electron chi connectivity index (χ2n) is 7.73. The number of amides is 1. The molecule has 30 heavy (non-hydrogen) atoms. The molecule has 1 aliphatic heterocycles. The lowest BCUT2D eigenvalue weighted by atomic mass is 9.73. The van der Waals surface area contributed by atoms with Crippen LogP contribution < -0.4 is 5.32 Å². The van der Waals surface area contributed by atoms with Crippen LogP contribution in [0.2, 0.25) is 0 Å². The first kappa shape index (κ1) is 18.5. The normalized spacial score (nSPS) is 25.0. The molecule has 0 atom stereocenters. The maximum absolute atomic E-state index is 12.8. The van der Waals surface area contributed by atoms with E-state index in [2.05, 4.69) is 15.5 Å². The third kappa shape index (κ3) is 2.96. The summed E-state index contributed by atoms with van der Waals surface area (Å²) >= 11 is 0. The number of aliphatic hydroxyl groups is 1. The van der Waals surface area contributed by atoms with Crippen LogP contribution in [0.15, 0.2) is 59.4 Å². The molecule has 0 saturated heterocycles. The van der Waals surface area contributed by atoms with E-state index in [4.69, 9.17) is 9.26 Å². The molecule has 0 unspecified atom stereocenters. The first-order valence-electron chi connectivity index (χ1n) is 9.73. The number of esters is 1. The van der Waals surface area contributed by atoms with Crippen LogP contribution in [0.25, 0.3) is 11.3 Å². The van der Waals surface area contributed by atoms with Crippen LogP contribution in [0.3, 0.4) is 0 Å². The second-order valence-corrected chi connectivity index (χ2v) is 7.73. The maximum Gasteiger partial charge on any atom is 0.339 e. The molecule has 1 spiro atoms. The van der Waals surface area contributed by atoms with Gasteiger partial charge in [-0.05, 0) is 31.7 Å². The molecular formula is C22H19N3O5. The highest BCUT2D eigenvalue weighted by molar-refractivity contribution is 5.97. The lowest BCUT2D eigenvalue weighted by Gasteiger charge is -2.40. The Kier molecular flexibility index (Phi) is 4.18. The lowest BCUT2D eigenvalue weighted by Crippen LogP contribution is -2.49. The number of carbonyl (C=O) groups is 2. The third-order valence-electron chi connectivity index (χ3n) is 5.94. The Labute approximate surface area is 171 Å². The van der Waals surface area contributed by atoms with Crippen molar-refractivity contribution < 1.29 is 24.0 Å². The molecule has 2 N–H and O–H groups in total. The molecule has 1 saturated carbocycles. The Balaban J connectivity index is 1.29. The van der Waals surface area contributed by atoms with Gasteiger partial charge in [0.15, 0.2) is 11.6 Å². The summed E-state index contributed by atoms with van der Waals surface area (Å²) in [6.45, 7) is 0. The minimum absolute atomic E-state index is 0.143. The SMILES string of the molecule is O=C1O[C@]2(CC[C@](O)(C(=O)Nc3cc(-c4ccccc4)on3)CC2)c2cnccc21. The number of anilines is 1. The topological polar surface area (TPSA) is 115 Å².